The van der Waals surface area contributed by atoms with Gasteiger partial charge in [0.1, 0.15) is 5.75 Å². The van der Waals surface area contributed by atoms with Gasteiger partial charge in [0, 0.05) is 13.1 Å². The van der Waals surface area contributed by atoms with Gasteiger partial charge in [-0.05, 0) is 35.4 Å². The van der Waals surface area contributed by atoms with Gasteiger partial charge >= 0.3 is 10.1 Å². The summed E-state index contributed by atoms with van der Waals surface area (Å²) in [6.45, 7) is 0.741. The molecule has 0 bridgehead atoms. The molecule has 0 radical (unpaired) electrons. The van der Waals surface area contributed by atoms with Gasteiger partial charge in [-0.1, -0.05) is 66.2 Å². The lowest BCUT2D eigenvalue weighted by molar-refractivity contribution is 0.0730. The smallest absolute Gasteiger partial charge is 0.306 e. The van der Waals surface area contributed by atoms with Crippen LogP contribution in [0.3, 0.4) is 0 Å². The Morgan fingerprint density at radius 2 is 1.41 bits per heavy atom. The fraction of sp³-hybridized carbons (Fsp3) is 0.136. The first-order valence-corrected chi connectivity index (χ1v) is 11.1. The van der Waals surface area contributed by atoms with Gasteiger partial charge < -0.3 is 9.08 Å². The highest BCUT2D eigenvalue weighted by atomic mass is 35.5. The molecule has 0 fully saturated rings. The maximum absolute atomic E-state index is 13.2. The molecule has 0 aliphatic rings. The second kappa shape index (κ2) is 9.11. The van der Waals surface area contributed by atoms with E-state index in [4.69, 9.17) is 15.8 Å². The second-order valence-corrected chi connectivity index (χ2v) is 8.54. The Balaban J connectivity index is 1.85. The monoisotopic (exact) mass is 429 g/mol. The Labute approximate surface area is 175 Å². The Kier molecular flexibility index (Phi) is 6.56. The summed E-state index contributed by atoms with van der Waals surface area (Å²) >= 11 is 6.23. The SMILES string of the molecule is CS(=O)(=O)Oc1ccc(CN(Cc2ccccc2)C(=O)c2ccccc2Cl)cc1. The van der Waals surface area contributed by atoms with E-state index in [2.05, 4.69) is 0 Å². The predicted molar refractivity (Wildman–Crippen MR) is 113 cm³/mol. The molecule has 0 aromatic heterocycles. The third-order valence-electron chi connectivity index (χ3n) is 4.15. The molecule has 5 nitrogen and oxygen atoms in total. The van der Waals surface area contributed by atoms with Crippen molar-refractivity contribution in [3.8, 4) is 5.75 Å². The van der Waals surface area contributed by atoms with Crippen molar-refractivity contribution in [2.45, 2.75) is 13.1 Å². The zero-order chi connectivity index (χ0) is 20.9. The third kappa shape index (κ3) is 6.07. The molecular formula is C22H20ClNO4S. The van der Waals surface area contributed by atoms with Gasteiger partial charge in [-0.15, -0.1) is 0 Å². The van der Waals surface area contributed by atoms with Crippen molar-refractivity contribution in [1.29, 1.82) is 0 Å². The van der Waals surface area contributed by atoms with E-state index in [1.807, 2.05) is 30.3 Å². The summed E-state index contributed by atoms with van der Waals surface area (Å²) in [7, 11) is -3.59. The maximum Gasteiger partial charge on any atom is 0.306 e. The summed E-state index contributed by atoms with van der Waals surface area (Å²) in [4.78, 5) is 14.9. The number of carbonyl (C=O) groups excluding carboxylic acids is 1. The number of rotatable bonds is 7. The first-order valence-electron chi connectivity index (χ1n) is 8.88. The van der Waals surface area contributed by atoms with Crippen LogP contribution in [0.4, 0.5) is 0 Å². The van der Waals surface area contributed by atoms with E-state index in [-0.39, 0.29) is 11.7 Å². The number of hydrogen-bond donors (Lipinski definition) is 0. The molecule has 0 atom stereocenters. The molecule has 0 saturated heterocycles. The summed E-state index contributed by atoms with van der Waals surface area (Å²) in [6, 6.07) is 23.2. The van der Waals surface area contributed by atoms with Gasteiger partial charge in [-0.25, -0.2) is 0 Å². The largest absolute Gasteiger partial charge is 0.383 e. The van der Waals surface area contributed by atoms with Gasteiger partial charge in [0.25, 0.3) is 5.91 Å². The van der Waals surface area contributed by atoms with Crippen LogP contribution >= 0.6 is 11.6 Å². The number of benzene rings is 3. The minimum absolute atomic E-state index is 0.184. The maximum atomic E-state index is 13.2. The minimum Gasteiger partial charge on any atom is -0.383 e. The molecule has 0 aliphatic carbocycles. The van der Waals surface area contributed by atoms with Crippen LogP contribution in [0.25, 0.3) is 0 Å². The molecule has 0 N–H and O–H groups in total. The molecule has 3 rings (SSSR count). The predicted octanol–water partition coefficient (Wildman–Crippen LogP) is 4.52. The zero-order valence-electron chi connectivity index (χ0n) is 15.8. The quantitative estimate of drug-likeness (QED) is 0.518. The van der Waals surface area contributed by atoms with E-state index < -0.39 is 10.1 Å². The van der Waals surface area contributed by atoms with E-state index in [0.717, 1.165) is 17.4 Å². The molecule has 3 aromatic carbocycles. The van der Waals surface area contributed by atoms with Crippen LogP contribution in [0.1, 0.15) is 21.5 Å². The molecule has 0 unspecified atom stereocenters. The number of nitrogens with zero attached hydrogens (tertiary/aromatic N) is 1. The Hall–Kier alpha value is -2.83. The van der Waals surface area contributed by atoms with E-state index in [1.165, 1.54) is 0 Å². The molecule has 0 spiro atoms. The van der Waals surface area contributed by atoms with E-state index in [0.29, 0.717) is 23.7 Å². The number of halogens is 1. The van der Waals surface area contributed by atoms with Crippen LogP contribution in [-0.4, -0.2) is 25.5 Å². The van der Waals surface area contributed by atoms with Crippen LogP contribution in [0.15, 0.2) is 78.9 Å². The van der Waals surface area contributed by atoms with Crippen molar-refractivity contribution in [3.05, 3.63) is 101 Å². The number of carbonyl (C=O) groups is 1. The summed E-state index contributed by atoms with van der Waals surface area (Å²) in [6.07, 6.45) is 0.991. The van der Waals surface area contributed by atoms with Crippen molar-refractivity contribution in [3.63, 3.8) is 0 Å². The average Bonchev–Trinajstić information content (AvgIpc) is 2.68. The van der Waals surface area contributed by atoms with Crippen LogP contribution in [0.5, 0.6) is 5.75 Å². The van der Waals surface area contributed by atoms with Crippen LogP contribution in [0.2, 0.25) is 5.02 Å². The van der Waals surface area contributed by atoms with Gasteiger partial charge in [0.2, 0.25) is 0 Å². The lowest BCUT2D eigenvalue weighted by atomic mass is 10.1. The molecule has 29 heavy (non-hydrogen) atoms. The molecule has 0 aliphatic heterocycles. The molecule has 7 heteroatoms. The lowest BCUT2D eigenvalue weighted by Crippen LogP contribution is -2.30. The van der Waals surface area contributed by atoms with Crippen molar-refractivity contribution < 1.29 is 17.4 Å². The van der Waals surface area contributed by atoms with Crippen molar-refractivity contribution >= 4 is 27.6 Å². The Morgan fingerprint density at radius 1 is 0.862 bits per heavy atom. The molecule has 1 amide bonds. The Bertz CT molecular complexity index is 1080. The van der Waals surface area contributed by atoms with E-state index in [9.17, 15) is 13.2 Å². The van der Waals surface area contributed by atoms with Crippen LogP contribution in [-0.2, 0) is 23.2 Å². The molecule has 0 saturated carbocycles. The standard InChI is InChI=1S/C22H20ClNO4S/c1-29(26,27)28-19-13-11-18(12-14-19)16-24(15-17-7-3-2-4-8-17)22(25)20-9-5-6-10-21(20)23/h2-14H,15-16H2,1H3. The summed E-state index contributed by atoms with van der Waals surface area (Å²) in [5.41, 5.74) is 2.26. The number of hydrogen-bond acceptors (Lipinski definition) is 4. The van der Waals surface area contributed by atoms with Gasteiger partial charge in [-0.2, -0.15) is 8.42 Å². The highest BCUT2D eigenvalue weighted by molar-refractivity contribution is 7.86. The summed E-state index contributed by atoms with van der Waals surface area (Å²) in [5.74, 6) is 0.0409. The summed E-state index contributed by atoms with van der Waals surface area (Å²) < 4.78 is 27.4. The fourth-order valence-electron chi connectivity index (χ4n) is 2.85. The van der Waals surface area contributed by atoms with Crippen LogP contribution < -0.4 is 4.18 Å². The summed E-state index contributed by atoms with van der Waals surface area (Å²) in [5, 5.41) is 0.396. The highest BCUT2D eigenvalue weighted by Crippen LogP contribution is 2.21. The van der Waals surface area contributed by atoms with Crippen molar-refractivity contribution in [2.24, 2.45) is 0 Å². The highest BCUT2D eigenvalue weighted by Gasteiger charge is 2.19. The number of amides is 1. The molecule has 0 heterocycles. The van der Waals surface area contributed by atoms with Crippen molar-refractivity contribution in [1.82, 2.24) is 4.90 Å². The first-order chi connectivity index (χ1) is 13.8. The van der Waals surface area contributed by atoms with E-state index >= 15 is 0 Å². The molecule has 3 aromatic rings. The minimum atomic E-state index is -3.59. The second-order valence-electron chi connectivity index (χ2n) is 6.56. The van der Waals surface area contributed by atoms with Crippen LogP contribution in [0, 0.1) is 0 Å². The molecular weight excluding hydrogens is 410 g/mol. The Morgan fingerprint density at radius 3 is 2.00 bits per heavy atom. The first kappa shape index (κ1) is 20.9. The van der Waals surface area contributed by atoms with Gasteiger partial charge in [0.05, 0.1) is 16.8 Å². The van der Waals surface area contributed by atoms with Gasteiger partial charge in [-0.3, -0.25) is 4.79 Å². The zero-order valence-corrected chi connectivity index (χ0v) is 17.4. The van der Waals surface area contributed by atoms with E-state index in [1.54, 1.807) is 53.4 Å². The topological polar surface area (TPSA) is 63.7 Å². The van der Waals surface area contributed by atoms with Gasteiger partial charge in [0.15, 0.2) is 0 Å². The fourth-order valence-corrected chi connectivity index (χ4v) is 3.53. The van der Waals surface area contributed by atoms with Crippen molar-refractivity contribution in [2.75, 3.05) is 6.26 Å². The molecule has 150 valence electrons. The average molecular weight is 430 g/mol. The lowest BCUT2D eigenvalue weighted by Gasteiger charge is -2.24. The third-order valence-corrected chi connectivity index (χ3v) is 4.98. The normalized spacial score (nSPS) is 11.1.